The largest absolute Gasteiger partial charge is 0.480 e. The number of nitrogens with two attached hydrogens (primary N) is 1. The number of azo groups is 1. The number of hydrogen-bond acceptors (Lipinski definition) is 6. The third-order valence-electron chi connectivity index (χ3n) is 3.54. The molecule has 7 nitrogen and oxygen atoms in total. The maximum absolute atomic E-state index is 12.4. The van der Waals surface area contributed by atoms with E-state index in [1.165, 1.54) is 0 Å². The van der Waals surface area contributed by atoms with E-state index in [1.54, 1.807) is 69.3 Å². The van der Waals surface area contributed by atoms with E-state index in [2.05, 4.69) is 10.2 Å². The quantitative estimate of drug-likeness (QED) is 0.590. The highest BCUT2D eigenvalue weighted by Gasteiger charge is 2.20. The van der Waals surface area contributed by atoms with Crippen LogP contribution in [0, 0.1) is 0 Å². The van der Waals surface area contributed by atoms with E-state index in [1.807, 2.05) is 0 Å². The number of carbonyl (C=O) groups excluding carboxylic acids is 1. The van der Waals surface area contributed by atoms with Gasteiger partial charge in [-0.05, 0) is 44.5 Å². The number of esters is 1. The molecule has 0 aliphatic carbocycles. The van der Waals surface area contributed by atoms with Crippen LogP contribution in [0.2, 0.25) is 0 Å². The Labute approximate surface area is 157 Å². The van der Waals surface area contributed by atoms with Gasteiger partial charge in [-0.15, -0.1) is 5.11 Å². The average molecular weight is 369 g/mol. The van der Waals surface area contributed by atoms with E-state index < -0.39 is 23.6 Å². The van der Waals surface area contributed by atoms with Crippen molar-refractivity contribution in [2.45, 2.75) is 38.8 Å². The Hall–Kier alpha value is -3.06. The zero-order valence-corrected chi connectivity index (χ0v) is 15.5. The molecule has 3 N–H and O–H groups in total. The predicted octanol–water partition coefficient (Wildman–Crippen LogP) is 4.01. The molecule has 2 rings (SSSR count). The summed E-state index contributed by atoms with van der Waals surface area (Å²) in [5.41, 5.74) is 6.81. The van der Waals surface area contributed by atoms with Crippen LogP contribution in [0.4, 0.5) is 11.4 Å². The van der Waals surface area contributed by atoms with Crippen molar-refractivity contribution >= 4 is 23.3 Å². The van der Waals surface area contributed by atoms with Gasteiger partial charge in [-0.25, -0.2) is 4.79 Å². The molecule has 0 aromatic heterocycles. The summed E-state index contributed by atoms with van der Waals surface area (Å²) in [6, 6.07) is 12.7. The van der Waals surface area contributed by atoms with Gasteiger partial charge < -0.3 is 15.6 Å². The summed E-state index contributed by atoms with van der Waals surface area (Å²) >= 11 is 0. The third-order valence-corrected chi connectivity index (χ3v) is 3.54. The van der Waals surface area contributed by atoms with E-state index in [0.717, 1.165) is 0 Å². The summed E-state index contributed by atoms with van der Waals surface area (Å²) in [6.07, 6.45) is 0.123. The average Bonchev–Trinajstić information content (AvgIpc) is 2.59. The summed E-state index contributed by atoms with van der Waals surface area (Å²) in [5, 5.41) is 17.4. The minimum absolute atomic E-state index is 0.123. The molecular weight excluding hydrogens is 346 g/mol. The van der Waals surface area contributed by atoms with Crippen LogP contribution >= 0.6 is 0 Å². The minimum Gasteiger partial charge on any atom is -0.480 e. The third kappa shape index (κ3) is 6.00. The molecule has 142 valence electrons. The van der Waals surface area contributed by atoms with Gasteiger partial charge >= 0.3 is 11.9 Å². The second kappa shape index (κ2) is 8.55. The molecule has 0 amide bonds. The lowest BCUT2D eigenvalue weighted by Gasteiger charge is -2.19. The van der Waals surface area contributed by atoms with E-state index in [4.69, 9.17) is 15.6 Å². The standard InChI is InChI=1S/C20H23N3O4/c1-20(2,3)27-19(26)14-9-5-7-11-17(14)23-22-16-10-6-4-8-13(16)12-15(21)18(24)25/h4-11,15H,12,21H2,1-3H3,(H,24,25). The molecule has 2 aromatic carbocycles. The smallest absolute Gasteiger partial charge is 0.340 e. The van der Waals surface area contributed by atoms with Crippen molar-refractivity contribution in [3.05, 3.63) is 59.7 Å². The van der Waals surface area contributed by atoms with Gasteiger partial charge in [0.25, 0.3) is 0 Å². The zero-order valence-electron chi connectivity index (χ0n) is 15.5. The van der Waals surface area contributed by atoms with Crippen LogP contribution < -0.4 is 5.73 Å². The van der Waals surface area contributed by atoms with Gasteiger partial charge in [0.15, 0.2) is 0 Å². The predicted molar refractivity (Wildman–Crippen MR) is 102 cm³/mol. The lowest BCUT2D eigenvalue weighted by atomic mass is 10.1. The molecule has 0 aliphatic rings. The van der Waals surface area contributed by atoms with E-state index in [0.29, 0.717) is 22.5 Å². The Morgan fingerprint density at radius 2 is 1.59 bits per heavy atom. The van der Waals surface area contributed by atoms with Crippen molar-refractivity contribution in [3.8, 4) is 0 Å². The molecule has 0 bridgehead atoms. The molecule has 0 saturated carbocycles. The van der Waals surface area contributed by atoms with Crippen LogP contribution in [-0.4, -0.2) is 28.7 Å². The highest BCUT2D eigenvalue weighted by atomic mass is 16.6. The highest BCUT2D eigenvalue weighted by molar-refractivity contribution is 5.95. The van der Waals surface area contributed by atoms with Gasteiger partial charge in [-0.3, -0.25) is 4.79 Å². The SMILES string of the molecule is CC(C)(C)OC(=O)c1ccccc1N=Nc1ccccc1CC(N)C(=O)O. The number of nitrogens with zero attached hydrogens (tertiary/aromatic N) is 2. The molecule has 0 heterocycles. The molecule has 0 saturated heterocycles. The Balaban J connectivity index is 2.30. The second-order valence-corrected chi connectivity index (χ2v) is 7.00. The Morgan fingerprint density at radius 1 is 1.04 bits per heavy atom. The normalized spacial score (nSPS) is 12.7. The summed E-state index contributed by atoms with van der Waals surface area (Å²) in [6.45, 7) is 5.37. The minimum atomic E-state index is -1.09. The van der Waals surface area contributed by atoms with E-state index in [9.17, 15) is 9.59 Å². The van der Waals surface area contributed by atoms with Crippen molar-refractivity contribution in [1.82, 2.24) is 0 Å². The fourth-order valence-electron chi connectivity index (χ4n) is 2.28. The lowest BCUT2D eigenvalue weighted by Crippen LogP contribution is -2.32. The topological polar surface area (TPSA) is 114 Å². The monoisotopic (exact) mass is 369 g/mol. The Bertz CT molecular complexity index is 856. The first-order valence-corrected chi connectivity index (χ1v) is 8.48. The fourth-order valence-corrected chi connectivity index (χ4v) is 2.28. The van der Waals surface area contributed by atoms with Gasteiger partial charge in [0.1, 0.15) is 17.3 Å². The van der Waals surface area contributed by atoms with Gasteiger partial charge in [-0.1, -0.05) is 30.3 Å². The summed E-state index contributed by atoms with van der Waals surface area (Å²) in [5.74, 6) is -1.57. The van der Waals surface area contributed by atoms with Crippen LogP contribution in [0.25, 0.3) is 0 Å². The summed E-state index contributed by atoms with van der Waals surface area (Å²) in [7, 11) is 0. The van der Waals surface area contributed by atoms with Crippen LogP contribution in [0.1, 0.15) is 36.7 Å². The number of carboxylic acid groups (broad SMARTS) is 1. The molecule has 1 unspecified atom stereocenters. The molecule has 7 heteroatoms. The molecule has 1 atom stereocenters. The zero-order chi connectivity index (χ0) is 20.0. The van der Waals surface area contributed by atoms with Crippen molar-refractivity contribution in [2.24, 2.45) is 16.0 Å². The van der Waals surface area contributed by atoms with Crippen LogP contribution in [0.3, 0.4) is 0 Å². The molecule has 0 radical (unpaired) electrons. The van der Waals surface area contributed by atoms with Crippen molar-refractivity contribution in [3.63, 3.8) is 0 Å². The number of ether oxygens (including phenoxy) is 1. The molecule has 2 aromatic rings. The summed E-state index contributed by atoms with van der Waals surface area (Å²) < 4.78 is 5.40. The van der Waals surface area contributed by atoms with Crippen molar-refractivity contribution in [2.75, 3.05) is 0 Å². The molecule has 0 spiro atoms. The van der Waals surface area contributed by atoms with Gasteiger partial charge in [0.2, 0.25) is 0 Å². The van der Waals surface area contributed by atoms with Crippen LogP contribution in [0.15, 0.2) is 58.8 Å². The lowest BCUT2D eigenvalue weighted by molar-refractivity contribution is -0.138. The van der Waals surface area contributed by atoms with Gasteiger partial charge in [0.05, 0.1) is 11.3 Å². The number of benzene rings is 2. The van der Waals surface area contributed by atoms with Crippen LogP contribution in [-0.2, 0) is 16.0 Å². The van der Waals surface area contributed by atoms with Crippen LogP contribution in [0.5, 0.6) is 0 Å². The Kier molecular flexibility index (Phi) is 6.41. The molecule has 0 fully saturated rings. The number of carboxylic acids is 1. The number of hydrogen-bond donors (Lipinski definition) is 2. The number of aliphatic carboxylic acids is 1. The highest BCUT2D eigenvalue weighted by Crippen LogP contribution is 2.26. The fraction of sp³-hybridized carbons (Fsp3) is 0.300. The molecular formula is C20H23N3O4. The first-order valence-electron chi connectivity index (χ1n) is 8.48. The van der Waals surface area contributed by atoms with Gasteiger partial charge in [0, 0.05) is 6.42 Å². The number of rotatable bonds is 6. The van der Waals surface area contributed by atoms with Gasteiger partial charge in [-0.2, -0.15) is 5.11 Å². The van der Waals surface area contributed by atoms with Crippen molar-refractivity contribution < 1.29 is 19.4 Å². The van der Waals surface area contributed by atoms with E-state index >= 15 is 0 Å². The molecule has 27 heavy (non-hydrogen) atoms. The van der Waals surface area contributed by atoms with Crippen molar-refractivity contribution in [1.29, 1.82) is 0 Å². The first kappa shape index (κ1) is 20.3. The second-order valence-electron chi connectivity index (χ2n) is 7.00. The molecule has 0 aliphatic heterocycles. The Morgan fingerprint density at radius 3 is 2.22 bits per heavy atom. The van der Waals surface area contributed by atoms with E-state index in [-0.39, 0.29) is 6.42 Å². The maximum atomic E-state index is 12.4. The first-order chi connectivity index (χ1) is 12.7. The number of carbonyl (C=O) groups is 2. The summed E-state index contributed by atoms with van der Waals surface area (Å²) in [4.78, 5) is 23.4. The maximum Gasteiger partial charge on any atom is 0.340 e.